The van der Waals surface area contributed by atoms with E-state index in [2.05, 4.69) is 5.43 Å². The number of nitrogens with one attached hydrogen (secondary N) is 1. The maximum Gasteiger partial charge on any atom is 0.418 e. The number of aryl methyl sites for hydroxylation is 1. The van der Waals surface area contributed by atoms with Gasteiger partial charge in [0.2, 0.25) is 0 Å². The van der Waals surface area contributed by atoms with E-state index in [1.807, 2.05) is 11.5 Å². The fourth-order valence-electron chi connectivity index (χ4n) is 4.37. The third-order valence-electron chi connectivity index (χ3n) is 5.61. The number of para-hydroxylation sites is 1. The highest BCUT2D eigenvalue weighted by Crippen LogP contribution is 2.44. The third-order valence-corrected chi connectivity index (χ3v) is 5.61. The summed E-state index contributed by atoms with van der Waals surface area (Å²) >= 11 is 0. The van der Waals surface area contributed by atoms with Crippen LogP contribution in [0.5, 0.6) is 0 Å². The SMILES string of the molecule is CC/C=C\C(=O)NN1CCCC(c2c(C(F)(F)F)c3ccccc3n2CCCOC)C1. The molecule has 1 fully saturated rings. The van der Waals surface area contributed by atoms with Crippen LogP contribution in [0.4, 0.5) is 13.2 Å². The van der Waals surface area contributed by atoms with Gasteiger partial charge in [-0.1, -0.05) is 31.2 Å². The Morgan fingerprint density at radius 2 is 2.10 bits per heavy atom. The monoisotopic (exact) mass is 437 g/mol. The molecule has 1 amide bonds. The van der Waals surface area contributed by atoms with Gasteiger partial charge in [-0.05, 0) is 31.7 Å². The number of carbonyl (C=O) groups excluding carboxylic acids is 1. The van der Waals surface area contributed by atoms with Crippen LogP contribution < -0.4 is 5.43 Å². The Morgan fingerprint density at radius 3 is 2.81 bits per heavy atom. The molecule has 1 atom stereocenters. The third kappa shape index (κ3) is 5.49. The van der Waals surface area contributed by atoms with E-state index < -0.39 is 11.7 Å². The molecule has 0 radical (unpaired) electrons. The lowest BCUT2D eigenvalue weighted by Crippen LogP contribution is -2.47. The van der Waals surface area contributed by atoms with Crippen molar-refractivity contribution in [3.63, 3.8) is 0 Å². The smallest absolute Gasteiger partial charge is 0.385 e. The minimum absolute atomic E-state index is 0.231. The van der Waals surface area contributed by atoms with E-state index in [9.17, 15) is 18.0 Å². The molecule has 0 spiro atoms. The molecule has 1 saturated heterocycles. The number of allylic oxidation sites excluding steroid dienone is 1. The van der Waals surface area contributed by atoms with Crippen molar-refractivity contribution in [1.29, 1.82) is 0 Å². The Bertz CT molecular complexity index is 921. The Hall–Kier alpha value is -2.32. The summed E-state index contributed by atoms with van der Waals surface area (Å²) in [4.78, 5) is 12.1. The van der Waals surface area contributed by atoms with Crippen molar-refractivity contribution < 1.29 is 22.7 Å². The van der Waals surface area contributed by atoms with Gasteiger partial charge in [0.25, 0.3) is 5.91 Å². The number of ether oxygens (including phenoxy) is 1. The van der Waals surface area contributed by atoms with Crippen LogP contribution in [0.15, 0.2) is 36.4 Å². The van der Waals surface area contributed by atoms with Crippen LogP contribution in [0, 0.1) is 0 Å². The topological polar surface area (TPSA) is 46.5 Å². The second-order valence-electron chi connectivity index (χ2n) is 7.84. The molecule has 1 unspecified atom stereocenters. The van der Waals surface area contributed by atoms with Crippen molar-refractivity contribution in [3.05, 3.63) is 47.7 Å². The van der Waals surface area contributed by atoms with E-state index >= 15 is 0 Å². The van der Waals surface area contributed by atoms with Gasteiger partial charge in [-0.3, -0.25) is 10.2 Å². The van der Waals surface area contributed by atoms with Crippen molar-refractivity contribution in [3.8, 4) is 0 Å². The standard InChI is InChI=1S/C23H30F3N3O2/c1-3-4-12-20(30)27-28-13-7-9-17(16-28)22-21(23(24,25)26)18-10-5-6-11-19(18)29(22)14-8-15-31-2/h4-6,10-12,17H,3,7-9,13-16H2,1-2H3,(H,27,30)/b12-4-. The molecule has 1 aromatic carbocycles. The maximum absolute atomic E-state index is 14.3. The molecule has 5 nitrogen and oxygen atoms in total. The van der Waals surface area contributed by atoms with Gasteiger partial charge in [0.1, 0.15) is 0 Å². The Balaban J connectivity index is 1.99. The first kappa shape index (κ1) is 23.3. The second kappa shape index (κ2) is 10.3. The number of rotatable bonds is 8. The summed E-state index contributed by atoms with van der Waals surface area (Å²) < 4.78 is 49.7. The molecule has 170 valence electrons. The van der Waals surface area contributed by atoms with Gasteiger partial charge in [-0.2, -0.15) is 13.2 Å². The second-order valence-corrected chi connectivity index (χ2v) is 7.84. The molecular formula is C23H30F3N3O2. The summed E-state index contributed by atoms with van der Waals surface area (Å²) in [7, 11) is 1.59. The normalized spacial score (nSPS) is 18.2. The minimum atomic E-state index is -4.46. The largest absolute Gasteiger partial charge is 0.418 e. The van der Waals surface area contributed by atoms with Crippen LogP contribution in [0.1, 0.15) is 49.8 Å². The number of carbonyl (C=O) groups is 1. The van der Waals surface area contributed by atoms with E-state index in [4.69, 9.17) is 4.74 Å². The molecular weight excluding hydrogens is 407 g/mol. The molecule has 1 aliphatic heterocycles. The molecule has 8 heteroatoms. The van der Waals surface area contributed by atoms with E-state index in [1.165, 1.54) is 6.08 Å². The zero-order valence-corrected chi connectivity index (χ0v) is 18.0. The predicted molar refractivity (Wildman–Crippen MR) is 115 cm³/mol. The van der Waals surface area contributed by atoms with Gasteiger partial charge in [0.05, 0.1) is 5.56 Å². The molecule has 2 aromatic rings. The average molecular weight is 438 g/mol. The Kier molecular flexibility index (Phi) is 7.78. The van der Waals surface area contributed by atoms with Crippen molar-refractivity contribution >= 4 is 16.8 Å². The molecule has 2 heterocycles. The molecule has 1 N–H and O–H groups in total. The van der Waals surface area contributed by atoms with Gasteiger partial charge in [-0.25, -0.2) is 5.01 Å². The molecule has 31 heavy (non-hydrogen) atoms. The highest BCUT2D eigenvalue weighted by Gasteiger charge is 2.41. The fourth-order valence-corrected chi connectivity index (χ4v) is 4.37. The summed E-state index contributed by atoms with van der Waals surface area (Å²) in [5.74, 6) is -0.588. The summed E-state index contributed by atoms with van der Waals surface area (Å²) in [6, 6.07) is 6.71. The number of piperidine rings is 1. The highest BCUT2D eigenvalue weighted by molar-refractivity contribution is 5.87. The molecule has 1 aromatic heterocycles. The van der Waals surface area contributed by atoms with Gasteiger partial charge in [0, 0.05) is 61.9 Å². The number of methoxy groups -OCH3 is 1. The average Bonchev–Trinajstić information content (AvgIpc) is 3.07. The van der Waals surface area contributed by atoms with Gasteiger partial charge < -0.3 is 9.30 Å². The van der Waals surface area contributed by atoms with Crippen molar-refractivity contribution in [2.75, 3.05) is 26.8 Å². The molecule has 0 bridgehead atoms. The van der Waals surface area contributed by atoms with Crippen LogP contribution >= 0.6 is 0 Å². The zero-order chi connectivity index (χ0) is 22.4. The molecule has 1 aliphatic rings. The lowest BCUT2D eigenvalue weighted by Gasteiger charge is -2.34. The van der Waals surface area contributed by atoms with E-state index in [1.54, 1.807) is 42.5 Å². The number of benzene rings is 1. The number of hydrogen-bond acceptors (Lipinski definition) is 3. The summed E-state index contributed by atoms with van der Waals surface area (Å²) in [6.45, 7) is 3.82. The number of alkyl halides is 3. The van der Waals surface area contributed by atoms with E-state index in [0.29, 0.717) is 56.7 Å². The first-order chi connectivity index (χ1) is 14.9. The first-order valence-corrected chi connectivity index (χ1v) is 10.8. The van der Waals surface area contributed by atoms with Crippen molar-refractivity contribution in [2.45, 2.75) is 51.2 Å². The number of halogens is 3. The van der Waals surface area contributed by atoms with Gasteiger partial charge >= 0.3 is 6.18 Å². The number of nitrogens with zero attached hydrogens (tertiary/aromatic N) is 2. The first-order valence-electron chi connectivity index (χ1n) is 10.8. The summed E-state index contributed by atoms with van der Waals surface area (Å²) in [5, 5.41) is 1.97. The van der Waals surface area contributed by atoms with Crippen molar-refractivity contribution in [1.82, 2.24) is 15.0 Å². The number of hydrogen-bond donors (Lipinski definition) is 1. The lowest BCUT2D eigenvalue weighted by atomic mass is 9.92. The molecule has 3 rings (SSSR count). The summed E-state index contributed by atoms with van der Waals surface area (Å²) in [5.41, 5.74) is 3.17. The zero-order valence-electron chi connectivity index (χ0n) is 18.0. The van der Waals surface area contributed by atoms with Crippen LogP contribution in [0.2, 0.25) is 0 Å². The van der Waals surface area contributed by atoms with Crippen LogP contribution in [0.25, 0.3) is 10.9 Å². The molecule has 0 aliphatic carbocycles. The molecule has 0 saturated carbocycles. The number of aromatic nitrogens is 1. The highest BCUT2D eigenvalue weighted by atomic mass is 19.4. The van der Waals surface area contributed by atoms with Crippen LogP contribution in [0.3, 0.4) is 0 Å². The van der Waals surface area contributed by atoms with Gasteiger partial charge in [0.15, 0.2) is 0 Å². The van der Waals surface area contributed by atoms with Crippen molar-refractivity contribution in [2.24, 2.45) is 0 Å². The number of fused-ring (bicyclic) bond motifs is 1. The number of amides is 1. The minimum Gasteiger partial charge on any atom is -0.385 e. The summed E-state index contributed by atoms with van der Waals surface area (Å²) in [6.07, 6.45) is 1.47. The quantitative estimate of drug-likeness (QED) is 0.473. The van der Waals surface area contributed by atoms with E-state index in [0.717, 1.165) is 6.42 Å². The van der Waals surface area contributed by atoms with E-state index in [-0.39, 0.29) is 17.2 Å². The predicted octanol–water partition coefficient (Wildman–Crippen LogP) is 4.87. The lowest BCUT2D eigenvalue weighted by molar-refractivity contribution is -0.137. The fraction of sp³-hybridized carbons (Fsp3) is 0.522. The van der Waals surface area contributed by atoms with Crippen LogP contribution in [-0.2, 0) is 22.3 Å². The Morgan fingerprint density at radius 1 is 1.32 bits per heavy atom. The van der Waals surface area contributed by atoms with Crippen LogP contribution in [-0.4, -0.2) is 42.3 Å². The maximum atomic E-state index is 14.3. The Labute approximate surface area is 180 Å². The van der Waals surface area contributed by atoms with Gasteiger partial charge in [-0.15, -0.1) is 0 Å². The number of hydrazine groups is 1.